The van der Waals surface area contributed by atoms with Crippen molar-refractivity contribution in [2.75, 3.05) is 0 Å². The zero-order chi connectivity index (χ0) is 25.5. The Labute approximate surface area is 223 Å². The van der Waals surface area contributed by atoms with E-state index in [0.717, 1.165) is 42.4 Å². The summed E-state index contributed by atoms with van der Waals surface area (Å²) in [6.45, 7) is 2.34. The predicted octanol–water partition coefficient (Wildman–Crippen LogP) is 6.54. The monoisotopic (exact) mass is 522 g/mol. The second-order valence-corrected chi connectivity index (χ2v) is 10.3. The fourth-order valence-electron chi connectivity index (χ4n) is 4.85. The number of benzene rings is 3. The molecule has 1 atom stereocenters. The Bertz CT molecular complexity index is 1170. The van der Waals surface area contributed by atoms with Gasteiger partial charge in [-0.3, -0.25) is 9.59 Å². The topological polar surface area (TPSA) is 49.4 Å². The fourth-order valence-corrected chi connectivity index (χ4v) is 5.38. The van der Waals surface area contributed by atoms with Gasteiger partial charge >= 0.3 is 0 Å². The van der Waals surface area contributed by atoms with Crippen LogP contribution in [0.5, 0.6) is 0 Å². The molecule has 36 heavy (non-hydrogen) atoms. The third kappa shape index (κ3) is 6.68. The fraction of sp³-hybridized carbons (Fsp3) is 0.333. The van der Waals surface area contributed by atoms with Crippen molar-refractivity contribution in [3.05, 3.63) is 105 Å². The van der Waals surface area contributed by atoms with Crippen LogP contribution in [0.2, 0.25) is 10.0 Å². The Morgan fingerprint density at radius 2 is 1.56 bits per heavy atom. The van der Waals surface area contributed by atoms with Gasteiger partial charge in [-0.05, 0) is 54.2 Å². The van der Waals surface area contributed by atoms with E-state index in [1.807, 2.05) is 61.5 Å². The van der Waals surface area contributed by atoms with E-state index in [0.29, 0.717) is 28.6 Å². The van der Waals surface area contributed by atoms with Crippen LogP contribution in [-0.4, -0.2) is 28.8 Å². The van der Waals surface area contributed by atoms with Gasteiger partial charge in [0.1, 0.15) is 6.04 Å². The molecule has 1 unspecified atom stereocenters. The van der Waals surface area contributed by atoms with Crippen LogP contribution in [0.1, 0.15) is 47.9 Å². The number of carbonyl (C=O) groups excluding carboxylic acids is 2. The lowest BCUT2D eigenvalue weighted by molar-refractivity contribution is -0.141. The van der Waals surface area contributed by atoms with E-state index < -0.39 is 6.04 Å². The maximum atomic E-state index is 13.9. The number of hydrogen-bond donors (Lipinski definition) is 1. The van der Waals surface area contributed by atoms with Crippen LogP contribution in [0.3, 0.4) is 0 Å². The molecule has 0 spiro atoms. The minimum Gasteiger partial charge on any atom is -0.352 e. The zero-order valence-electron chi connectivity index (χ0n) is 20.6. The van der Waals surface area contributed by atoms with Gasteiger partial charge in [-0.1, -0.05) is 96.7 Å². The van der Waals surface area contributed by atoms with Crippen LogP contribution in [0, 0.1) is 6.92 Å². The molecule has 0 aromatic heterocycles. The van der Waals surface area contributed by atoms with Gasteiger partial charge in [0.2, 0.25) is 11.8 Å². The first-order chi connectivity index (χ1) is 17.4. The lowest BCUT2D eigenvalue weighted by Gasteiger charge is -2.33. The van der Waals surface area contributed by atoms with Gasteiger partial charge in [0.05, 0.1) is 6.42 Å². The second kappa shape index (κ2) is 12.4. The summed E-state index contributed by atoms with van der Waals surface area (Å²) in [6, 6.07) is 22.5. The summed E-state index contributed by atoms with van der Waals surface area (Å²) in [5.74, 6) is -0.298. The van der Waals surface area contributed by atoms with Gasteiger partial charge in [-0.25, -0.2) is 0 Å². The van der Waals surface area contributed by atoms with Gasteiger partial charge in [0.25, 0.3) is 0 Å². The van der Waals surface area contributed by atoms with Crippen molar-refractivity contribution < 1.29 is 9.59 Å². The highest BCUT2D eigenvalue weighted by Gasteiger charge is 2.32. The molecule has 2 amide bonds. The Hall–Kier alpha value is -2.82. The Kier molecular flexibility index (Phi) is 9.06. The molecule has 0 radical (unpaired) electrons. The van der Waals surface area contributed by atoms with Crippen molar-refractivity contribution in [2.45, 2.75) is 64.1 Å². The Morgan fingerprint density at radius 1 is 0.917 bits per heavy atom. The molecule has 0 bridgehead atoms. The van der Waals surface area contributed by atoms with Crippen LogP contribution in [0.25, 0.3) is 0 Å². The van der Waals surface area contributed by atoms with Crippen molar-refractivity contribution in [1.82, 2.24) is 10.2 Å². The molecule has 1 N–H and O–H groups in total. The zero-order valence-corrected chi connectivity index (χ0v) is 22.1. The molecular formula is C30H32Cl2N2O2. The molecule has 188 valence electrons. The number of amides is 2. The standard InChI is InChI=1S/C30H32Cl2N2O2/c1-21-10-5-6-13-23(21)20-34(29(35)19-25-26(31)16-9-17-27(25)32)28(18-22-11-3-2-4-12-22)30(36)33-24-14-7-8-15-24/h2-6,9-13,16-17,24,28H,7-8,14-15,18-20H2,1H3,(H,33,36). The van der Waals surface area contributed by atoms with E-state index in [9.17, 15) is 9.59 Å². The summed E-state index contributed by atoms with van der Waals surface area (Å²) in [5.41, 5.74) is 3.65. The lowest BCUT2D eigenvalue weighted by Crippen LogP contribution is -2.52. The number of rotatable bonds is 9. The third-order valence-corrected chi connectivity index (χ3v) is 7.67. The lowest BCUT2D eigenvalue weighted by atomic mass is 10.00. The third-order valence-electron chi connectivity index (χ3n) is 6.96. The summed E-state index contributed by atoms with van der Waals surface area (Å²) in [6.07, 6.45) is 4.63. The van der Waals surface area contributed by atoms with Crippen LogP contribution < -0.4 is 5.32 Å². The normalized spacial score (nSPS) is 14.4. The highest BCUT2D eigenvalue weighted by atomic mass is 35.5. The Morgan fingerprint density at radius 3 is 2.22 bits per heavy atom. The molecule has 3 aromatic carbocycles. The first-order valence-electron chi connectivity index (χ1n) is 12.5. The smallest absolute Gasteiger partial charge is 0.243 e. The summed E-state index contributed by atoms with van der Waals surface area (Å²) < 4.78 is 0. The van der Waals surface area contributed by atoms with E-state index in [2.05, 4.69) is 5.32 Å². The van der Waals surface area contributed by atoms with E-state index >= 15 is 0 Å². The maximum Gasteiger partial charge on any atom is 0.243 e. The van der Waals surface area contributed by atoms with E-state index in [1.165, 1.54) is 0 Å². The summed E-state index contributed by atoms with van der Waals surface area (Å²) >= 11 is 12.8. The van der Waals surface area contributed by atoms with Crippen molar-refractivity contribution in [2.24, 2.45) is 0 Å². The van der Waals surface area contributed by atoms with Gasteiger partial charge < -0.3 is 10.2 Å². The van der Waals surface area contributed by atoms with Crippen LogP contribution in [0.4, 0.5) is 0 Å². The summed E-state index contributed by atoms with van der Waals surface area (Å²) in [7, 11) is 0. The number of hydrogen-bond acceptors (Lipinski definition) is 2. The van der Waals surface area contributed by atoms with Crippen LogP contribution in [0.15, 0.2) is 72.8 Å². The highest BCUT2D eigenvalue weighted by molar-refractivity contribution is 6.36. The molecular weight excluding hydrogens is 491 g/mol. The maximum absolute atomic E-state index is 13.9. The van der Waals surface area contributed by atoms with Crippen LogP contribution in [-0.2, 0) is 29.0 Å². The van der Waals surface area contributed by atoms with Crippen molar-refractivity contribution in [3.63, 3.8) is 0 Å². The van der Waals surface area contributed by atoms with Crippen molar-refractivity contribution in [3.8, 4) is 0 Å². The quantitative estimate of drug-likeness (QED) is 0.346. The molecule has 1 saturated carbocycles. The molecule has 1 aliphatic carbocycles. The largest absolute Gasteiger partial charge is 0.352 e. The summed E-state index contributed by atoms with van der Waals surface area (Å²) in [4.78, 5) is 29.4. The van der Waals surface area contributed by atoms with E-state index in [-0.39, 0.29) is 24.3 Å². The number of aryl methyl sites for hydroxylation is 1. The minimum absolute atomic E-state index is 0.0202. The number of halogens is 2. The second-order valence-electron chi connectivity index (χ2n) is 9.52. The summed E-state index contributed by atoms with van der Waals surface area (Å²) in [5, 5.41) is 4.13. The molecule has 4 rings (SSSR count). The molecule has 3 aromatic rings. The molecule has 6 heteroatoms. The molecule has 4 nitrogen and oxygen atoms in total. The molecule has 0 heterocycles. The molecule has 1 fully saturated rings. The van der Waals surface area contributed by atoms with Crippen molar-refractivity contribution in [1.29, 1.82) is 0 Å². The number of nitrogens with one attached hydrogen (secondary N) is 1. The molecule has 0 aliphatic heterocycles. The van der Waals surface area contributed by atoms with Gasteiger partial charge in [-0.15, -0.1) is 0 Å². The van der Waals surface area contributed by atoms with E-state index in [1.54, 1.807) is 23.1 Å². The minimum atomic E-state index is -0.665. The van der Waals surface area contributed by atoms with Crippen molar-refractivity contribution >= 4 is 35.0 Å². The highest BCUT2D eigenvalue weighted by Crippen LogP contribution is 2.27. The molecule has 0 saturated heterocycles. The van der Waals surface area contributed by atoms with Gasteiger partial charge in [-0.2, -0.15) is 0 Å². The molecule has 1 aliphatic rings. The van der Waals surface area contributed by atoms with E-state index in [4.69, 9.17) is 23.2 Å². The number of nitrogens with zero attached hydrogens (tertiary/aromatic N) is 1. The predicted molar refractivity (Wildman–Crippen MR) is 146 cm³/mol. The first-order valence-corrected chi connectivity index (χ1v) is 13.3. The van der Waals surface area contributed by atoms with Crippen LogP contribution >= 0.6 is 23.2 Å². The average Bonchev–Trinajstić information content (AvgIpc) is 3.38. The first kappa shape index (κ1) is 26.2. The number of carbonyl (C=O) groups is 2. The Balaban J connectivity index is 1.70. The SMILES string of the molecule is Cc1ccccc1CN(C(=O)Cc1c(Cl)cccc1Cl)C(Cc1ccccc1)C(=O)NC1CCCC1. The average molecular weight is 524 g/mol. The van der Waals surface area contributed by atoms with Gasteiger partial charge in [0.15, 0.2) is 0 Å². The van der Waals surface area contributed by atoms with Gasteiger partial charge in [0, 0.05) is 29.1 Å².